The van der Waals surface area contributed by atoms with Crippen LogP contribution in [0.3, 0.4) is 0 Å². The molecule has 0 aliphatic carbocycles. The summed E-state index contributed by atoms with van der Waals surface area (Å²) in [5.41, 5.74) is 6.12. The first-order valence-corrected chi connectivity index (χ1v) is 9.38. The Morgan fingerprint density at radius 1 is 0.955 bits per heavy atom. The molecule has 0 atom stereocenters. The number of hydrogen-bond donors (Lipinski definition) is 2. The number of aryl methyl sites for hydroxylation is 1. The minimum absolute atomic E-state index is 0.0796. The number of sulfone groups is 1. The lowest BCUT2D eigenvalue weighted by molar-refractivity contribution is 0.594. The van der Waals surface area contributed by atoms with Gasteiger partial charge in [0.2, 0.25) is 19.9 Å². The van der Waals surface area contributed by atoms with E-state index >= 15 is 0 Å². The molecule has 2 aromatic carbocycles. The number of sulfonamides is 1. The Labute approximate surface area is 133 Å². The summed E-state index contributed by atoms with van der Waals surface area (Å²) in [6.45, 7) is 1.55. The van der Waals surface area contributed by atoms with Crippen LogP contribution in [-0.4, -0.2) is 16.8 Å². The van der Waals surface area contributed by atoms with Crippen LogP contribution in [-0.2, 0) is 19.9 Å². The highest BCUT2D eigenvalue weighted by atomic mass is 35.5. The van der Waals surface area contributed by atoms with Gasteiger partial charge in [-0.15, -0.1) is 0 Å². The largest absolute Gasteiger partial charge is 0.397 e. The normalized spacial score (nSPS) is 12.3. The summed E-state index contributed by atoms with van der Waals surface area (Å²) in [6.07, 6.45) is 0. The third-order valence-electron chi connectivity index (χ3n) is 3.06. The fraction of sp³-hybridized carbons (Fsp3) is 0.0769. The molecular weight excluding hydrogens is 348 g/mol. The average molecular weight is 361 g/mol. The molecule has 0 spiro atoms. The highest BCUT2D eigenvalue weighted by Gasteiger charge is 2.23. The van der Waals surface area contributed by atoms with Gasteiger partial charge in [-0.25, -0.2) is 22.0 Å². The molecule has 0 bridgehead atoms. The van der Waals surface area contributed by atoms with E-state index in [-0.39, 0.29) is 25.4 Å². The molecule has 2 aromatic rings. The molecule has 0 saturated carbocycles. The number of nitrogen functional groups attached to an aromatic ring is 1. The van der Waals surface area contributed by atoms with E-state index in [1.54, 1.807) is 6.92 Å². The first-order chi connectivity index (χ1) is 10.0. The predicted molar refractivity (Wildman–Crippen MR) is 83.9 cm³/mol. The van der Waals surface area contributed by atoms with Gasteiger partial charge in [0.1, 0.15) is 0 Å². The van der Waals surface area contributed by atoms with Crippen molar-refractivity contribution in [3.63, 3.8) is 0 Å². The van der Waals surface area contributed by atoms with E-state index in [1.807, 2.05) is 0 Å². The molecule has 0 heterocycles. The molecule has 0 saturated heterocycles. The van der Waals surface area contributed by atoms with Gasteiger partial charge in [0.15, 0.2) is 0 Å². The summed E-state index contributed by atoms with van der Waals surface area (Å²) in [7, 11) is -7.96. The van der Waals surface area contributed by atoms with Crippen LogP contribution in [0.25, 0.3) is 0 Å². The molecule has 22 heavy (non-hydrogen) atoms. The molecule has 0 unspecified atom stereocenters. The monoisotopic (exact) mass is 360 g/mol. The van der Waals surface area contributed by atoms with Crippen LogP contribution in [0.4, 0.5) is 5.69 Å². The second kappa shape index (κ2) is 5.54. The zero-order valence-corrected chi connectivity index (χ0v) is 13.8. The molecule has 4 N–H and O–H groups in total. The smallest absolute Gasteiger partial charge is 0.238 e. The number of nitrogens with two attached hydrogens (primary N) is 2. The number of rotatable bonds is 3. The summed E-state index contributed by atoms with van der Waals surface area (Å²) in [5.74, 6) is 0. The number of halogens is 1. The van der Waals surface area contributed by atoms with Crippen molar-refractivity contribution in [2.24, 2.45) is 5.14 Å². The molecule has 0 amide bonds. The standard InChI is InChI=1S/C13H13ClN2O4S2/c1-8-2-3-10(22(16,19)20)7-13(8)21(17,18)9-4-5-11(14)12(15)6-9/h2-7H,15H2,1H3,(H2,16,19,20). The third kappa shape index (κ3) is 3.09. The van der Waals surface area contributed by atoms with Crippen LogP contribution in [0.5, 0.6) is 0 Å². The second-order valence-corrected chi connectivity index (χ2v) is 8.55. The lowest BCUT2D eigenvalue weighted by Crippen LogP contribution is -2.14. The summed E-state index contributed by atoms with van der Waals surface area (Å²) in [4.78, 5) is -0.511. The Morgan fingerprint density at radius 2 is 1.55 bits per heavy atom. The minimum Gasteiger partial charge on any atom is -0.397 e. The Morgan fingerprint density at radius 3 is 2.09 bits per heavy atom. The molecular formula is C13H13ClN2O4S2. The highest BCUT2D eigenvalue weighted by Crippen LogP contribution is 2.29. The van der Waals surface area contributed by atoms with E-state index in [4.69, 9.17) is 22.5 Å². The van der Waals surface area contributed by atoms with Gasteiger partial charge < -0.3 is 5.73 Å². The molecule has 2 rings (SSSR count). The average Bonchev–Trinajstić information content (AvgIpc) is 2.40. The van der Waals surface area contributed by atoms with Crippen molar-refractivity contribution in [1.29, 1.82) is 0 Å². The topological polar surface area (TPSA) is 120 Å². The van der Waals surface area contributed by atoms with Crippen molar-refractivity contribution >= 4 is 37.1 Å². The molecule has 0 fully saturated rings. The van der Waals surface area contributed by atoms with Crippen molar-refractivity contribution in [3.05, 3.63) is 47.0 Å². The van der Waals surface area contributed by atoms with Crippen LogP contribution in [0, 0.1) is 6.92 Å². The van der Waals surface area contributed by atoms with Crippen LogP contribution in [0.2, 0.25) is 5.02 Å². The van der Waals surface area contributed by atoms with Crippen LogP contribution >= 0.6 is 11.6 Å². The first kappa shape index (κ1) is 16.8. The lowest BCUT2D eigenvalue weighted by atomic mass is 10.2. The van der Waals surface area contributed by atoms with Crippen molar-refractivity contribution < 1.29 is 16.8 Å². The molecule has 0 aromatic heterocycles. The number of primary sulfonamides is 1. The number of benzene rings is 2. The van der Waals surface area contributed by atoms with Gasteiger partial charge in [0.05, 0.1) is 25.4 Å². The van der Waals surface area contributed by atoms with Gasteiger partial charge >= 0.3 is 0 Å². The molecule has 118 valence electrons. The SMILES string of the molecule is Cc1ccc(S(N)(=O)=O)cc1S(=O)(=O)c1ccc(Cl)c(N)c1. The van der Waals surface area contributed by atoms with Gasteiger partial charge in [0, 0.05) is 0 Å². The maximum Gasteiger partial charge on any atom is 0.238 e. The van der Waals surface area contributed by atoms with E-state index in [2.05, 4.69) is 0 Å². The summed E-state index contributed by atoms with van der Waals surface area (Å²) < 4.78 is 48.1. The molecule has 0 radical (unpaired) electrons. The number of hydrogen-bond acceptors (Lipinski definition) is 5. The van der Waals surface area contributed by atoms with Gasteiger partial charge in [0.25, 0.3) is 0 Å². The second-order valence-electron chi connectivity index (χ2n) is 4.66. The zero-order chi connectivity index (χ0) is 16.7. The van der Waals surface area contributed by atoms with Crippen molar-refractivity contribution in [2.75, 3.05) is 5.73 Å². The minimum atomic E-state index is -4.01. The van der Waals surface area contributed by atoms with Crippen LogP contribution < -0.4 is 10.9 Å². The molecule has 0 aliphatic heterocycles. The zero-order valence-electron chi connectivity index (χ0n) is 11.4. The predicted octanol–water partition coefficient (Wildman–Crippen LogP) is 1.71. The Kier molecular flexibility index (Phi) is 4.22. The van der Waals surface area contributed by atoms with Crippen LogP contribution in [0.1, 0.15) is 5.56 Å². The van der Waals surface area contributed by atoms with Crippen molar-refractivity contribution in [2.45, 2.75) is 21.6 Å². The van der Waals surface area contributed by atoms with Crippen molar-refractivity contribution in [3.8, 4) is 0 Å². The Bertz CT molecular complexity index is 954. The van der Waals surface area contributed by atoms with E-state index in [9.17, 15) is 16.8 Å². The highest BCUT2D eigenvalue weighted by molar-refractivity contribution is 7.91. The van der Waals surface area contributed by atoms with E-state index in [0.29, 0.717) is 5.56 Å². The maximum atomic E-state index is 12.7. The van der Waals surface area contributed by atoms with Gasteiger partial charge in [-0.05, 0) is 42.8 Å². The van der Waals surface area contributed by atoms with Crippen molar-refractivity contribution in [1.82, 2.24) is 0 Å². The van der Waals surface area contributed by atoms with Gasteiger partial charge in [-0.2, -0.15) is 0 Å². The summed E-state index contributed by atoms with van der Waals surface area (Å²) in [5, 5.41) is 5.27. The van der Waals surface area contributed by atoms with Gasteiger partial charge in [-0.1, -0.05) is 17.7 Å². The van der Waals surface area contributed by atoms with Crippen LogP contribution in [0.15, 0.2) is 51.1 Å². The fourth-order valence-electron chi connectivity index (χ4n) is 1.86. The third-order valence-corrected chi connectivity index (χ3v) is 6.20. The van der Waals surface area contributed by atoms with Gasteiger partial charge in [-0.3, -0.25) is 0 Å². The number of anilines is 1. The molecule has 0 aliphatic rings. The van der Waals surface area contributed by atoms with E-state index in [0.717, 1.165) is 6.07 Å². The quantitative estimate of drug-likeness (QED) is 0.807. The maximum absolute atomic E-state index is 12.7. The molecule has 9 heteroatoms. The Hall–Kier alpha value is -1.61. The van der Waals surface area contributed by atoms with E-state index < -0.39 is 19.9 Å². The molecule has 6 nitrogen and oxygen atoms in total. The van der Waals surface area contributed by atoms with E-state index in [1.165, 1.54) is 30.3 Å². The summed E-state index contributed by atoms with van der Waals surface area (Å²) in [6, 6.07) is 7.55. The summed E-state index contributed by atoms with van der Waals surface area (Å²) >= 11 is 5.78. The Balaban J connectivity index is 2.70. The lowest BCUT2D eigenvalue weighted by Gasteiger charge is -2.10. The first-order valence-electron chi connectivity index (χ1n) is 5.97. The fourth-order valence-corrected chi connectivity index (χ4v) is 4.15.